The minimum Gasteiger partial charge on any atom is -0.352 e. The molecule has 0 bridgehead atoms. The lowest BCUT2D eigenvalue weighted by Gasteiger charge is -2.17. The van der Waals surface area contributed by atoms with Crippen molar-refractivity contribution < 1.29 is 18.0 Å². The van der Waals surface area contributed by atoms with E-state index in [0.29, 0.717) is 6.54 Å². The second kappa shape index (κ2) is 7.10. The van der Waals surface area contributed by atoms with Crippen LogP contribution in [0.15, 0.2) is 29.2 Å². The lowest BCUT2D eigenvalue weighted by molar-refractivity contribution is -0.121. The summed E-state index contributed by atoms with van der Waals surface area (Å²) in [6, 6.07) is 6.43. The molecule has 8 heteroatoms. The molecule has 0 heterocycles. The molecule has 2 rings (SSSR count). The summed E-state index contributed by atoms with van der Waals surface area (Å²) in [5.74, 6) is -0.441. The Morgan fingerprint density at radius 1 is 1.22 bits per heavy atom. The molecule has 1 saturated carbocycles. The van der Waals surface area contributed by atoms with Crippen molar-refractivity contribution in [2.75, 3.05) is 13.6 Å². The minimum absolute atomic E-state index is 0.116. The van der Waals surface area contributed by atoms with Crippen LogP contribution >= 0.6 is 0 Å². The molecule has 0 atom stereocenters. The Kier molecular flexibility index (Phi) is 5.38. The van der Waals surface area contributed by atoms with Crippen molar-refractivity contribution in [1.29, 1.82) is 0 Å². The van der Waals surface area contributed by atoms with Crippen LogP contribution < -0.4 is 10.6 Å². The number of amides is 2. The Morgan fingerprint density at radius 3 is 2.35 bits per heavy atom. The highest BCUT2D eigenvalue weighted by Gasteiger charge is 2.27. The molecular formula is C15H21N3O4S. The van der Waals surface area contributed by atoms with Crippen molar-refractivity contribution in [3.05, 3.63) is 29.8 Å². The highest BCUT2D eigenvalue weighted by Crippen LogP contribution is 2.19. The van der Waals surface area contributed by atoms with Gasteiger partial charge in [-0.2, -0.15) is 4.31 Å². The molecule has 2 amide bonds. The number of benzene rings is 1. The maximum Gasteiger partial charge on any atom is 0.243 e. The van der Waals surface area contributed by atoms with Crippen LogP contribution in [-0.2, 0) is 26.2 Å². The van der Waals surface area contributed by atoms with Gasteiger partial charge in [-0.1, -0.05) is 12.1 Å². The molecule has 0 saturated heterocycles. The van der Waals surface area contributed by atoms with Crippen molar-refractivity contribution in [2.24, 2.45) is 0 Å². The first-order valence-corrected chi connectivity index (χ1v) is 8.82. The normalized spacial score (nSPS) is 14.6. The minimum atomic E-state index is -3.71. The molecule has 1 aromatic carbocycles. The van der Waals surface area contributed by atoms with Crippen LogP contribution in [0.3, 0.4) is 0 Å². The highest BCUT2D eigenvalue weighted by atomic mass is 32.2. The first-order valence-electron chi connectivity index (χ1n) is 7.38. The van der Waals surface area contributed by atoms with Gasteiger partial charge in [-0.15, -0.1) is 0 Å². The van der Waals surface area contributed by atoms with Crippen molar-refractivity contribution in [1.82, 2.24) is 14.9 Å². The van der Waals surface area contributed by atoms with Crippen LogP contribution in [0.25, 0.3) is 0 Å². The van der Waals surface area contributed by atoms with E-state index in [2.05, 4.69) is 10.6 Å². The third-order valence-corrected chi connectivity index (χ3v) is 5.30. The average Bonchev–Trinajstić information content (AvgIpc) is 3.29. The summed E-state index contributed by atoms with van der Waals surface area (Å²) in [5.41, 5.74) is 0.799. The molecule has 23 heavy (non-hydrogen) atoms. The topological polar surface area (TPSA) is 95.6 Å². The molecule has 1 fully saturated rings. The first-order chi connectivity index (χ1) is 10.8. The average molecular weight is 339 g/mol. The van der Waals surface area contributed by atoms with E-state index in [4.69, 9.17) is 0 Å². The summed E-state index contributed by atoms with van der Waals surface area (Å²) in [5, 5.41) is 5.40. The Hall–Kier alpha value is -1.93. The largest absolute Gasteiger partial charge is 0.352 e. The predicted molar refractivity (Wildman–Crippen MR) is 84.9 cm³/mol. The molecular weight excluding hydrogens is 318 g/mol. The molecule has 7 nitrogen and oxygen atoms in total. The fraction of sp³-hybridized carbons (Fsp3) is 0.467. The zero-order valence-electron chi connectivity index (χ0n) is 13.2. The van der Waals surface area contributed by atoms with Gasteiger partial charge in [0.2, 0.25) is 21.8 Å². The van der Waals surface area contributed by atoms with Crippen LogP contribution in [0, 0.1) is 0 Å². The van der Waals surface area contributed by atoms with Gasteiger partial charge in [0.25, 0.3) is 0 Å². The second-order valence-electron chi connectivity index (χ2n) is 5.66. The number of likely N-dealkylation sites (N-methyl/N-ethyl adjacent to an activating group) is 1. The SMILES string of the molecule is CC(=O)NCc1ccc(S(=O)(=O)N(C)CC(=O)NC2CC2)cc1. The molecule has 0 unspecified atom stereocenters. The lowest BCUT2D eigenvalue weighted by Crippen LogP contribution is -2.39. The van der Waals surface area contributed by atoms with Crippen LogP contribution in [-0.4, -0.2) is 44.2 Å². The fourth-order valence-corrected chi connectivity index (χ4v) is 3.10. The third kappa shape index (κ3) is 5.04. The van der Waals surface area contributed by atoms with Gasteiger partial charge < -0.3 is 10.6 Å². The summed E-state index contributed by atoms with van der Waals surface area (Å²) in [6.45, 7) is 1.56. The van der Waals surface area contributed by atoms with Gasteiger partial charge in [0.15, 0.2) is 0 Å². The number of carbonyl (C=O) groups excluding carboxylic acids is 2. The second-order valence-corrected chi connectivity index (χ2v) is 7.70. The van der Waals surface area contributed by atoms with E-state index in [9.17, 15) is 18.0 Å². The van der Waals surface area contributed by atoms with Gasteiger partial charge in [-0.05, 0) is 30.5 Å². The number of hydrogen-bond donors (Lipinski definition) is 2. The van der Waals surface area contributed by atoms with E-state index in [1.165, 1.54) is 26.1 Å². The molecule has 0 aliphatic heterocycles. The smallest absolute Gasteiger partial charge is 0.243 e. The van der Waals surface area contributed by atoms with E-state index in [1.807, 2.05) is 0 Å². The van der Waals surface area contributed by atoms with Crippen molar-refractivity contribution in [2.45, 2.75) is 37.2 Å². The summed E-state index contributed by atoms with van der Waals surface area (Å²) in [7, 11) is -2.33. The predicted octanol–water partition coefficient (Wildman–Crippen LogP) is 0.222. The van der Waals surface area contributed by atoms with E-state index in [1.54, 1.807) is 12.1 Å². The number of nitrogens with one attached hydrogen (secondary N) is 2. The van der Waals surface area contributed by atoms with Gasteiger partial charge in [-0.25, -0.2) is 8.42 Å². The Bertz CT molecular complexity index is 681. The summed E-state index contributed by atoms with van der Waals surface area (Å²) >= 11 is 0. The van der Waals surface area contributed by atoms with Crippen LogP contribution in [0.4, 0.5) is 0 Å². The molecule has 126 valence electrons. The molecule has 0 aromatic heterocycles. The number of rotatable bonds is 7. The standard InChI is InChI=1S/C15H21N3O4S/c1-11(19)16-9-12-3-7-14(8-4-12)23(21,22)18(2)10-15(20)17-13-5-6-13/h3-4,7-8,13H,5-6,9-10H2,1-2H3,(H,16,19)(H,17,20). The van der Waals surface area contributed by atoms with E-state index < -0.39 is 10.0 Å². The lowest BCUT2D eigenvalue weighted by atomic mass is 10.2. The highest BCUT2D eigenvalue weighted by molar-refractivity contribution is 7.89. The van der Waals surface area contributed by atoms with Crippen molar-refractivity contribution >= 4 is 21.8 Å². The zero-order valence-corrected chi connectivity index (χ0v) is 14.0. The Labute approximate surface area is 136 Å². The zero-order chi connectivity index (χ0) is 17.0. The summed E-state index contributed by atoms with van der Waals surface area (Å²) < 4.78 is 25.9. The Morgan fingerprint density at radius 2 is 1.83 bits per heavy atom. The third-order valence-electron chi connectivity index (χ3n) is 3.48. The number of carbonyl (C=O) groups is 2. The monoisotopic (exact) mass is 339 g/mol. The first kappa shape index (κ1) is 17.4. The molecule has 2 N–H and O–H groups in total. The number of sulfonamides is 1. The van der Waals surface area contributed by atoms with Gasteiger partial charge in [0.1, 0.15) is 0 Å². The summed E-state index contributed by atoms with van der Waals surface area (Å²) in [4.78, 5) is 22.7. The molecule has 1 aliphatic rings. The molecule has 1 aliphatic carbocycles. The van der Waals surface area contributed by atoms with E-state index >= 15 is 0 Å². The quantitative estimate of drug-likeness (QED) is 0.743. The van der Waals surface area contributed by atoms with Crippen molar-refractivity contribution in [3.8, 4) is 0 Å². The molecule has 0 spiro atoms. The van der Waals surface area contributed by atoms with E-state index in [-0.39, 0.29) is 29.3 Å². The van der Waals surface area contributed by atoms with E-state index in [0.717, 1.165) is 22.7 Å². The maximum absolute atomic E-state index is 12.4. The Balaban J connectivity index is 1.99. The van der Waals surface area contributed by atoms with Crippen LogP contribution in [0.2, 0.25) is 0 Å². The number of nitrogens with zero attached hydrogens (tertiary/aromatic N) is 1. The number of hydrogen-bond acceptors (Lipinski definition) is 4. The maximum atomic E-state index is 12.4. The molecule has 1 aromatic rings. The van der Waals surface area contributed by atoms with Crippen LogP contribution in [0.5, 0.6) is 0 Å². The van der Waals surface area contributed by atoms with Gasteiger partial charge in [0, 0.05) is 26.6 Å². The summed E-state index contributed by atoms with van der Waals surface area (Å²) in [6.07, 6.45) is 1.91. The van der Waals surface area contributed by atoms with Gasteiger partial charge in [-0.3, -0.25) is 9.59 Å². The molecule has 0 radical (unpaired) electrons. The van der Waals surface area contributed by atoms with Crippen molar-refractivity contribution in [3.63, 3.8) is 0 Å². The van der Waals surface area contributed by atoms with Gasteiger partial charge in [0.05, 0.1) is 11.4 Å². The van der Waals surface area contributed by atoms with Crippen LogP contribution in [0.1, 0.15) is 25.3 Å². The van der Waals surface area contributed by atoms with Gasteiger partial charge >= 0.3 is 0 Å². The fourth-order valence-electron chi connectivity index (χ4n) is 1.97.